The first-order valence-corrected chi connectivity index (χ1v) is 7.87. The molecule has 1 N–H and O–H groups in total. The number of alkyl halides is 3. The number of hydrogen-bond acceptors (Lipinski definition) is 4. The SMILES string of the molecule is COc1ccc(Cl)c(Nc2cc(C(F)(F)F)nc(-c3ccccc3)n2)c1. The summed E-state index contributed by atoms with van der Waals surface area (Å²) in [5.74, 6) is 0.438. The van der Waals surface area contributed by atoms with Crippen molar-refractivity contribution in [2.75, 3.05) is 12.4 Å². The Hall–Kier alpha value is -2.80. The zero-order chi connectivity index (χ0) is 18.7. The minimum absolute atomic E-state index is 0.0265. The summed E-state index contributed by atoms with van der Waals surface area (Å²) in [4.78, 5) is 7.83. The third-order valence-corrected chi connectivity index (χ3v) is 3.81. The Kier molecular flexibility index (Phi) is 4.99. The Morgan fingerprint density at radius 2 is 1.73 bits per heavy atom. The first kappa shape index (κ1) is 18.0. The van der Waals surface area contributed by atoms with Crippen molar-refractivity contribution in [3.63, 3.8) is 0 Å². The van der Waals surface area contributed by atoms with E-state index in [0.29, 0.717) is 22.0 Å². The van der Waals surface area contributed by atoms with Crippen LogP contribution in [0.15, 0.2) is 54.6 Å². The molecule has 3 aromatic rings. The van der Waals surface area contributed by atoms with E-state index in [2.05, 4.69) is 15.3 Å². The summed E-state index contributed by atoms with van der Waals surface area (Å²) in [7, 11) is 1.48. The molecule has 1 aromatic heterocycles. The Bertz CT molecular complexity index is 917. The molecule has 0 aliphatic carbocycles. The van der Waals surface area contributed by atoms with E-state index in [1.54, 1.807) is 48.5 Å². The molecule has 0 bridgehead atoms. The van der Waals surface area contributed by atoms with Crippen molar-refractivity contribution in [3.05, 3.63) is 65.3 Å². The van der Waals surface area contributed by atoms with Crippen molar-refractivity contribution in [2.45, 2.75) is 6.18 Å². The second kappa shape index (κ2) is 7.21. The van der Waals surface area contributed by atoms with Crippen molar-refractivity contribution in [3.8, 4) is 17.1 Å². The lowest BCUT2D eigenvalue weighted by Gasteiger charge is -2.13. The maximum atomic E-state index is 13.2. The van der Waals surface area contributed by atoms with E-state index >= 15 is 0 Å². The lowest BCUT2D eigenvalue weighted by molar-refractivity contribution is -0.141. The van der Waals surface area contributed by atoms with Gasteiger partial charge in [0.1, 0.15) is 11.6 Å². The molecule has 0 fully saturated rings. The maximum Gasteiger partial charge on any atom is 0.433 e. The van der Waals surface area contributed by atoms with Gasteiger partial charge in [-0.2, -0.15) is 13.2 Å². The maximum absolute atomic E-state index is 13.2. The minimum atomic E-state index is -4.61. The topological polar surface area (TPSA) is 47.0 Å². The number of aromatic nitrogens is 2. The third-order valence-electron chi connectivity index (χ3n) is 3.48. The standard InChI is InChI=1S/C18H13ClF3N3O/c1-26-12-7-8-13(19)14(9-12)23-16-10-15(18(20,21)22)24-17(25-16)11-5-3-2-4-6-11/h2-10H,1H3,(H,23,24,25). The summed E-state index contributed by atoms with van der Waals surface area (Å²) in [6, 6.07) is 14.1. The zero-order valence-corrected chi connectivity index (χ0v) is 14.3. The van der Waals surface area contributed by atoms with Crippen molar-refractivity contribution >= 4 is 23.1 Å². The minimum Gasteiger partial charge on any atom is -0.497 e. The Labute approximate surface area is 152 Å². The van der Waals surface area contributed by atoms with Gasteiger partial charge in [-0.3, -0.25) is 0 Å². The molecule has 2 aromatic carbocycles. The van der Waals surface area contributed by atoms with E-state index in [-0.39, 0.29) is 11.6 Å². The fourth-order valence-corrected chi connectivity index (χ4v) is 2.40. The van der Waals surface area contributed by atoms with Crippen LogP contribution in [0.4, 0.5) is 24.7 Å². The van der Waals surface area contributed by atoms with Crippen LogP contribution in [-0.4, -0.2) is 17.1 Å². The Balaban J connectivity index is 2.07. The molecule has 3 rings (SSSR count). The highest BCUT2D eigenvalue weighted by atomic mass is 35.5. The summed E-state index contributed by atoms with van der Waals surface area (Å²) in [6.07, 6.45) is -4.61. The third kappa shape index (κ3) is 4.05. The predicted molar refractivity (Wildman–Crippen MR) is 93.8 cm³/mol. The second-order valence-corrected chi connectivity index (χ2v) is 5.70. The average Bonchev–Trinajstić information content (AvgIpc) is 2.63. The quantitative estimate of drug-likeness (QED) is 0.644. The highest BCUT2D eigenvalue weighted by Gasteiger charge is 2.34. The van der Waals surface area contributed by atoms with E-state index in [9.17, 15) is 13.2 Å². The van der Waals surface area contributed by atoms with Gasteiger partial charge >= 0.3 is 6.18 Å². The number of methoxy groups -OCH3 is 1. The van der Waals surface area contributed by atoms with Crippen LogP contribution in [0.25, 0.3) is 11.4 Å². The van der Waals surface area contributed by atoms with E-state index in [1.807, 2.05) is 0 Å². The van der Waals surface area contributed by atoms with E-state index in [1.165, 1.54) is 7.11 Å². The zero-order valence-electron chi connectivity index (χ0n) is 13.5. The lowest BCUT2D eigenvalue weighted by Crippen LogP contribution is -2.11. The molecule has 0 aliphatic rings. The van der Waals surface area contributed by atoms with Gasteiger partial charge < -0.3 is 10.1 Å². The molecule has 0 saturated heterocycles. The predicted octanol–water partition coefficient (Wildman–Crippen LogP) is 5.57. The number of hydrogen-bond donors (Lipinski definition) is 1. The average molecular weight is 380 g/mol. The van der Waals surface area contributed by atoms with Crippen LogP contribution in [0.2, 0.25) is 5.02 Å². The first-order chi connectivity index (χ1) is 12.4. The van der Waals surface area contributed by atoms with Gasteiger partial charge in [-0.05, 0) is 12.1 Å². The van der Waals surface area contributed by atoms with Gasteiger partial charge in [0.15, 0.2) is 11.5 Å². The van der Waals surface area contributed by atoms with Crippen molar-refractivity contribution in [1.82, 2.24) is 9.97 Å². The summed E-state index contributed by atoms with van der Waals surface area (Å²) in [5, 5.41) is 3.13. The Morgan fingerprint density at radius 3 is 2.38 bits per heavy atom. The van der Waals surface area contributed by atoms with Crippen LogP contribution < -0.4 is 10.1 Å². The normalized spacial score (nSPS) is 11.3. The second-order valence-electron chi connectivity index (χ2n) is 5.30. The molecule has 4 nitrogen and oxygen atoms in total. The summed E-state index contributed by atoms with van der Waals surface area (Å²) in [5.41, 5.74) is -0.205. The van der Waals surface area contributed by atoms with Crippen molar-refractivity contribution in [2.24, 2.45) is 0 Å². The molecule has 0 unspecified atom stereocenters. The summed E-state index contributed by atoms with van der Waals surface area (Å²) < 4.78 is 44.8. The van der Waals surface area contributed by atoms with Gasteiger partial charge in [-0.1, -0.05) is 41.9 Å². The molecule has 0 amide bonds. The number of nitrogens with one attached hydrogen (secondary N) is 1. The molecule has 26 heavy (non-hydrogen) atoms. The summed E-state index contributed by atoms with van der Waals surface area (Å²) in [6.45, 7) is 0. The number of halogens is 4. The van der Waals surface area contributed by atoms with Crippen LogP contribution in [0.3, 0.4) is 0 Å². The van der Waals surface area contributed by atoms with Crippen molar-refractivity contribution in [1.29, 1.82) is 0 Å². The van der Waals surface area contributed by atoms with Crippen molar-refractivity contribution < 1.29 is 17.9 Å². The fourth-order valence-electron chi connectivity index (χ4n) is 2.24. The fraction of sp³-hybridized carbons (Fsp3) is 0.111. The van der Waals surface area contributed by atoms with Crippen LogP contribution >= 0.6 is 11.6 Å². The largest absolute Gasteiger partial charge is 0.497 e. The number of anilines is 2. The molecule has 0 spiro atoms. The highest BCUT2D eigenvalue weighted by Crippen LogP contribution is 2.33. The molecule has 0 aliphatic heterocycles. The van der Waals surface area contributed by atoms with Gasteiger partial charge in [0.05, 0.1) is 17.8 Å². The van der Waals surface area contributed by atoms with Crippen LogP contribution in [0.1, 0.15) is 5.69 Å². The molecule has 0 saturated carbocycles. The number of ether oxygens (including phenoxy) is 1. The Morgan fingerprint density at radius 1 is 1.00 bits per heavy atom. The molecular weight excluding hydrogens is 367 g/mol. The highest BCUT2D eigenvalue weighted by molar-refractivity contribution is 6.33. The molecule has 1 heterocycles. The van der Waals surface area contributed by atoms with Gasteiger partial charge in [0.25, 0.3) is 0 Å². The van der Waals surface area contributed by atoms with Gasteiger partial charge in [-0.25, -0.2) is 9.97 Å². The lowest BCUT2D eigenvalue weighted by atomic mass is 10.2. The molecule has 0 radical (unpaired) electrons. The molecule has 8 heteroatoms. The monoisotopic (exact) mass is 379 g/mol. The first-order valence-electron chi connectivity index (χ1n) is 7.49. The number of nitrogens with zero attached hydrogens (tertiary/aromatic N) is 2. The molecule has 134 valence electrons. The summed E-state index contributed by atoms with van der Waals surface area (Å²) >= 11 is 6.11. The molecular formula is C18H13ClF3N3O. The van der Waals surface area contributed by atoms with Crippen LogP contribution in [0.5, 0.6) is 5.75 Å². The van der Waals surface area contributed by atoms with Crippen LogP contribution in [-0.2, 0) is 6.18 Å². The smallest absolute Gasteiger partial charge is 0.433 e. The number of rotatable bonds is 4. The number of benzene rings is 2. The van der Waals surface area contributed by atoms with E-state index < -0.39 is 11.9 Å². The van der Waals surface area contributed by atoms with Gasteiger partial charge in [-0.15, -0.1) is 0 Å². The van der Waals surface area contributed by atoms with Crippen LogP contribution in [0, 0.1) is 0 Å². The van der Waals surface area contributed by atoms with Gasteiger partial charge in [0, 0.05) is 17.7 Å². The van der Waals surface area contributed by atoms with Gasteiger partial charge in [0.2, 0.25) is 0 Å². The molecule has 0 atom stereocenters. The van der Waals surface area contributed by atoms with E-state index in [0.717, 1.165) is 6.07 Å². The van der Waals surface area contributed by atoms with E-state index in [4.69, 9.17) is 16.3 Å².